The number of rotatable bonds is 2. The second-order valence-electron chi connectivity index (χ2n) is 6.10. The van der Waals surface area contributed by atoms with Crippen LogP contribution in [0.25, 0.3) is 5.52 Å². The fourth-order valence-corrected chi connectivity index (χ4v) is 4.08. The fourth-order valence-electron chi connectivity index (χ4n) is 3.60. The maximum atomic E-state index is 12.5. The number of hydrogen-bond donors (Lipinski definition) is 1. The van der Waals surface area contributed by atoms with E-state index in [4.69, 9.17) is 0 Å². The zero-order valence-electron chi connectivity index (χ0n) is 11.8. The first kappa shape index (κ1) is 13.3. The van der Waals surface area contributed by atoms with Crippen LogP contribution < -0.4 is 5.32 Å². The highest BCUT2D eigenvalue weighted by atomic mass is 79.9. The van der Waals surface area contributed by atoms with Crippen LogP contribution in [0.4, 0.5) is 0 Å². The Balaban J connectivity index is 1.55. The van der Waals surface area contributed by atoms with E-state index in [9.17, 15) is 4.79 Å². The number of piperidine rings is 3. The number of nitrogens with one attached hydrogen (secondary N) is 1. The summed E-state index contributed by atoms with van der Waals surface area (Å²) >= 11 is 3.53. The second-order valence-corrected chi connectivity index (χ2v) is 6.95. The molecule has 1 amide bonds. The lowest BCUT2D eigenvalue weighted by atomic mass is 9.84. The van der Waals surface area contributed by atoms with Gasteiger partial charge < -0.3 is 14.6 Å². The molecule has 3 fully saturated rings. The molecule has 1 atom stereocenters. The number of carbonyl (C=O) groups is 1. The number of nitrogens with zero attached hydrogens (tertiary/aromatic N) is 2. The minimum Gasteiger partial charge on any atom is -0.348 e. The Morgan fingerprint density at radius 2 is 2.14 bits per heavy atom. The number of aromatic nitrogens is 1. The molecule has 4 nitrogen and oxygen atoms in total. The van der Waals surface area contributed by atoms with Crippen molar-refractivity contribution in [3.05, 3.63) is 40.6 Å². The largest absolute Gasteiger partial charge is 0.348 e. The van der Waals surface area contributed by atoms with Crippen molar-refractivity contribution in [2.24, 2.45) is 5.92 Å². The number of carbonyl (C=O) groups excluding carboxylic acids is 1. The molecule has 0 radical (unpaired) electrons. The van der Waals surface area contributed by atoms with E-state index in [0.29, 0.717) is 12.0 Å². The molecule has 3 aliphatic rings. The summed E-state index contributed by atoms with van der Waals surface area (Å²) in [5.41, 5.74) is 1.76. The fraction of sp³-hybridized carbons (Fsp3) is 0.438. The lowest BCUT2D eigenvalue weighted by molar-refractivity contribution is 0.0620. The third-order valence-corrected chi connectivity index (χ3v) is 5.49. The summed E-state index contributed by atoms with van der Waals surface area (Å²) in [5, 5.41) is 3.24. The predicted octanol–water partition coefficient (Wildman–Crippen LogP) is 2.53. The van der Waals surface area contributed by atoms with Gasteiger partial charge in [-0.15, -0.1) is 0 Å². The van der Waals surface area contributed by atoms with E-state index < -0.39 is 0 Å². The van der Waals surface area contributed by atoms with Gasteiger partial charge in [0.25, 0.3) is 5.91 Å². The highest BCUT2D eigenvalue weighted by molar-refractivity contribution is 9.10. The van der Waals surface area contributed by atoms with E-state index in [0.717, 1.165) is 22.1 Å². The quantitative estimate of drug-likeness (QED) is 0.906. The van der Waals surface area contributed by atoms with Crippen LogP contribution in [-0.2, 0) is 0 Å². The van der Waals surface area contributed by atoms with Gasteiger partial charge in [-0.2, -0.15) is 0 Å². The minimum absolute atomic E-state index is 0.0457. The normalized spacial score (nSPS) is 28.0. The molecule has 5 rings (SSSR count). The molecule has 5 heteroatoms. The Kier molecular flexibility index (Phi) is 3.27. The number of pyridine rings is 1. The number of halogens is 1. The Labute approximate surface area is 132 Å². The summed E-state index contributed by atoms with van der Waals surface area (Å²) in [5.74, 6) is 0.701. The van der Waals surface area contributed by atoms with Crippen LogP contribution >= 0.6 is 15.9 Å². The predicted molar refractivity (Wildman–Crippen MR) is 85.5 cm³/mol. The number of fused-ring (bicyclic) bond motifs is 4. The van der Waals surface area contributed by atoms with Crippen LogP contribution in [0.3, 0.4) is 0 Å². The van der Waals surface area contributed by atoms with Crippen LogP contribution in [0.5, 0.6) is 0 Å². The molecule has 3 aliphatic heterocycles. The average molecular weight is 348 g/mol. The maximum Gasteiger partial charge on any atom is 0.253 e. The van der Waals surface area contributed by atoms with Gasteiger partial charge in [0.1, 0.15) is 0 Å². The zero-order valence-corrected chi connectivity index (χ0v) is 13.3. The van der Waals surface area contributed by atoms with Crippen molar-refractivity contribution < 1.29 is 4.79 Å². The summed E-state index contributed by atoms with van der Waals surface area (Å²) in [7, 11) is 0. The molecule has 0 aliphatic carbocycles. The van der Waals surface area contributed by atoms with Crippen molar-refractivity contribution in [2.75, 3.05) is 19.6 Å². The molecule has 0 saturated carbocycles. The van der Waals surface area contributed by atoms with Crippen LogP contribution in [-0.4, -0.2) is 40.9 Å². The molecule has 21 heavy (non-hydrogen) atoms. The van der Waals surface area contributed by atoms with Crippen molar-refractivity contribution in [2.45, 2.75) is 18.9 Å². The monoisotopic (exact) mass is 347 g/mol. The molecular weight excluding hydrogens is 330 g/mol. The van der Waals surface area contributed by atoms with Crippen LogP contribution in [0.15, 0.2) is 35.1 Å². The zero-order chi connectivity index (χ0) is 14.4. The number of hydrogen-bond acceptors (Lipinski definition) is 2. The Hall–Kier alpha value is -1.33. The van der Waals surface area contributed by atoms with Crippen LogP contribution in [0.2, 0.25) is 0 Å². The van der Waals surface area contributed by atoms with E-state index in [1.165, 1.54) is 25.9 Å². The molecule has 2 bridgehead atoms. The highest BCUT2D eigenvalue weighted by Gasteiger charge is 2.35. The van der Waals surface area contributed by atoms with Crippen LogP contribution in [0, 0.1) is 5.92 Å². The van der Waals surface area contributed by atoms with Gasteiger partial charge in [0, 0.05) is 29.5 Å². The van der Waals surface area contributed by atoms with E-state index in [1.807, 2.05) is 35.0 Å². The van der Waals surface area contributed by atoms with Gasteiger partial charge in [-0.3, -0.25) is 4.79 Å². The van der Waals surface area contributed by atoms with Gasteiger partial charge in [0.05, 0.1) is 11.1 Å². The Morgan fingerprint density at radius 1 is 1.33 bits per heavy atom. The summed E-state index contributed by atoms with van der Waals surface area (Å²) in [4.78, 5) is 15.0. The van der Waals surface area contributed by atoms with E-state index >= 15 is 0 Å². The molecule has 3 saturated heterocycles. The van der Waals surface area contributed by atoms with Gasteiger partial charge >= 0.3 is 0 Å². The molecule has 110 valence electrons. The lowest BCUT2D eigenvalue weighted by Gasteiger charge is -2.44. The summed E-state index contributed by atoms with van der Waals surface area (Å²) in [6.07, 6.45) is 6.30. The third-order valence-electron chi connectivity index (χ3n) is 4.82. The highest BCUT2D eigenvalue weighted by Crippen LogP contribution is 2.28. The van der Waals surface area contributed by atoms with Crippen molar-refractivity contribution >= 4 is 27.4 Å². The van der Waals surface area contributed by atoms with Crippen LogP contribution in [0.1, 0.15) is 23.2 Å². The van der Waals surface area contributed by atoms with Crippen molar-refractivity contribution in [1.82, 2.24) is 14.6 Å². The van der Waals surface area contributed by atoms with Gasteiger partial charge in [-0.1, -0.05) is 0 Å². The lowest BCUT2D eigenvalue weighted by Crippen LogP contribution is -2.57. The molecule has 2 aromatic rings. The van der Waals surface area contributed by atoms with E-state index in [-0.39, 0.29) is 5.91 Å². The molecule has 1 unspecified atom stereocenters. The summed E-state index contributed by atoms with van der Waals surface area (Å²) in [6, 6.07) is 6.21. The van der Waals surface area contributed by atoms with Crippen molar-refractivity contribution in [3.63, 3.8) is 0 Å². The topological polar surface area (TPSA) is 36.8 Å². The average Bonchev–Trinajstić information content (AvgIpc) is 2.94. The minimum atomic E-state index is 0.0457. The third kappa shape index (κ3) is 2.38. The molecule has 5 heterocycles. The smallest absolute Gasteiger partial charge is 0.253 e. The first-order chi connectivity index (χ1) is 10.2. The Bertz CT molecular complexity index is 688. The van der Waals surface area contributed by atoms with Crippen molar-refractivity contribution in [3.8, 4) is 0 Å². The first-order valence-electron chi connectivity index (χ1n) is 7.50. The summed E-state index contributed by atoms with van der Waals surface area (Å²) in [6.45, 7) is 3.40. The van der Waals surface area contributed by atoms with E-state index in [1.54, 1.807) is 0 Å². The number of amides is 1. The van der Waals surface area contributed by atoms with Gasteiger partial charge in [0.15, 0.2) is 0 Å². The second kappa shape index (κ2) is 5.14. The standard InChI is InChI=1S/C16H18BrN3O/c17-13-2-1-5-20-9-12(8-15(13)20)16(21)18-14-10-19-6-3-11(14)4-7-19/h1-2,5,8-9,11,14H,3-4,6-7,10H2,(H,18,21). The molecule has 1 N–H and O–H groups in total. The van der Waals surface area contributed by atoms with Gasteiger partial charge in [0.2, 0.25) is 0 Å². The SMILES string of the molecule is O=C(NC1CN2CCC1CC2)c1cc2c(Br)cccn2c1. The molecular formula is C16H18BrN3O. The molecule has 0 aromatic carbocycles. The van der Waals surface area contributed by atoms with Gasteiger partial charge in [-0.25, -0.2) is 0 Å². The molecule has 0 spiro atoms. The van der Waals surface area contributed by atoms with Gasteiger partial charge in [-0.05, 0) is 66.0 Å². The maximum absolute atomic E-state index is 12.5. The van der Waals surface area contributed by atoms with Crippen molar-refractivity contribution in [1.29, 1.82) is 0 Å². The first-order valence-corrected chi connectivity index (χ1v) is 8.29. The summed E-state index contributed by atoms with van der Waals surface area (Å²) < 4.78 is 2.99. The Morgan fingerprint density at radius 3 is 2.81 bits per heavy atom. The molecule has 2 aromatic heterocycles. The van der Waals surface area contributed by atoms with E-state index in [2.05, 4.69) is 26.1 Å².